The minimum Gasteiger partial charge on any atom is -0.391 e. The largest absolute Gasteiger partial charge is 0.391 e. The maximum atomic E-state index is 12.0. The summed E-state index contributed by atoms with van der Waals surface area (Å²) in [6.45, 7) is 3.24. The van der Waals surface area contributed by atoms with Crippen LogP contribution in [-0.4, -0.2) is 47.3 Å². The molecule has 6 heteroatoms. The number of hydrogen-bond donors (Lipinski definition) is 1. The quantitative estimate of drug-likeness (QED) is 0.820. The van der Waals surface area contributed by atoms with Crippen LogP contribution in [0.4, 0.5) is 5.69 Å². The topological polar surface area (TPSA) is 67.6 Å². The molecule has 2 aliphatic rings. The number of aromatic nitrogens is 2. The fourth-order valence-corrected chi connectivity index (χ4v) is 2.36. The van der Waals surface area contributed by atoms with Crippen molar-refractivity contribution in [2.75, 3.05) is 31.2 Å². The van der Waals surface area contributed by atoms with Crippen molar-refractivity contribution >= 4 is 5.69 Å². The summed E-state index contributed by atoms with van der Waals surface area (Å²) >= 11 is 0. The van der Waals surface area contributed by atoms with Gasteiger partial charge in [-0.3, -0.25) is 4.79 Å². The predicted octanol–water partition coefficient (Wildman–Crippen LogP) is -0.149. The molecule has 2 fully saturated rings. The summed E-state index contributed by atoms with van der Waals surface area (Å²) in [5.74, 6) is 0.354. The highest BCUT2D eigenvalue weighted by Crippen LogP contribution is 2.32. The van der Waals surface area contributed by atoms with Gasteiger partial charge in [-0.1, -0.05) is 0 Å². The van der Waals surface area contributed by atoms with Crippen molar-refractivity contribution < 1.29 is 9.84 Å². The van der Waals surface area contributed by atoms with Crippen molar-refractivity contribution in [2.45, 2.75) is 25.5 Å². The molecular weight excluding hydrogens is 246 g/mol. The van der Waals surface area contributed by atoms with Gasteiger partial charge in [-0.15, -0.1) is 0 Å². The van der Waals surface area contributed by atoms with E-state index in [-0.39, 0.29) is 5.56 Å². The second-order valence-electron chi connectivity index (χ2n) is 5.24. The summed E-state index contributed by atoms with van der Waals surface area (Å²) in [4.78, 5) is 14.1. The first-order valence-electron chi connectivity index (χ1n) is 6.82. The molecule has 1 aliphatic heterocycles. The van der Waals surface area contributed by atoms with Gasteiger partial charge in [0.25, 0.3) is 5.56 Å². The van der Waals surface area contributed by atoms with Crippen LogP contribution in [0.25, 0.3) is 0 Å². The molecule has 1 N–H and O–H groups in total. The van der Waals surface area contributed by atoms with E-state index in [1.54, 1.807) is 12.3 Å². The molecule has 0 amide bonds. The first kappa shape index (κ1) is 12.6. The van der Waals surface area contributed by atoms with Gasteiger partial charge in [-0.05, 0) is 18.8 Å². The molecule has 1 atom stereocenters. The Morgan fingerprint density at radius 1 is 1.42 bits per heavy atom. The van der Waals surface area contributed by atoms with E-state index in [4.69, 9.17) is 4.74 Å². The van der Waals surface area contributed by atoms with Crippen molar-refractivity contribution in [1.82, 2.24) is 9.78 Å². The van der Waals surface area contributed by atoms with Crippen LogP contribution in [0.3, 0.4) is 0 Å². The molecule has 2 heterocycles. The zero-order valence-electron chi connectivity index (χ0n) is 10.9. The molecule has 0 aromatic carbocycles. The zero-order chi connectivity index (χ0) is 13.2. The number of morpholine rings is 1. The average Bonchev–Trinajstić information content (AvgIpc) is 3.26. The lowest BCUT2D eigenvalue weighted by molar-refractivity contribution is 0.122. The Labute approximate surface area is 111 Å². The Morgan fingerprint density at radius 2 is 2.16 bits per heavy atom. The smallest absolute Gasteiger partial charge is 0.268 e. The van der Waals surface area contributed by atoms with Crippen LogP contribution in [0.2, 0.25) is 0 Å². The molecule has 1 aromatic rings. The molecule has 0 spiro atoms. The van der Waals surface area contributed by atoms with Gasteiger partial charge in [0, 0.05) is 19.2 Å². The lowest BCUT2D eigenvalue weighted by Gasteiger charge is -2.28. The highest BCUT2D eigenvalue weighted by atomic mass is 16.5. The summed E-state index contributed by atoms with van der Waals surface area (Å²) in [6.07, 6.45) is 3.37. The Balaban J connectivity index is 1.71. The molecule has 0 radical (unpaired) electrons. The highest BCUT2D eigenvalue weighted by Gasteiger charge is 2.30. The molecule has 0 bridgehead atoms. The van der Waals surface area contributed by atoms with E-state index in [2.05, 4.69) is 10.00 Å². The maximum absolute atomic E-state index is 12.0. The van der Waals surface area contributed by atoms with E-state index in [1.807, 2.05) is 0 Å². The summed E-state index contributed by atoms with van der Waals surface area (Å²) in [5, 5.41) is 14.0. The van der Waals surface area contributed by atoms with Gasteiger partial charge in [0.2, 0.25) is 0 Å². The Bertz CT molecular complexity index is 492. The van der Waals surface area contributed by atoms with Crippen molar-refractivity contribution in [3.05, 3.63) is 22.6 Å². The monoisotopic (exact) mass is 265 g/mol. The van der Waals surface area contributed by atoms with Gasteiger partial charge in [0.1, 0.15) is 0 Å². The Kier molecular flexibility index (Phi) is 3.52. The first-order chi connectivity index (χ1) is 9.24. The van der Waals surface area contributed by atoms with E-state index >= 15 is 0 Å². The van der Waals surface area contributed by atoms with Crippen LogP contribution < -0.4 is 10.5 Å². The summed E-state index contributed by atoms with van der Waals surface area (Å²) in [6, 6.07) is 1.60. The Morgan fingerprint density at radius 3 is 2.79 bits per heavy atom. The predicted molar refractivity (Wildman–Crippen MR) is 70.3 cm³/mol. The van der Waals surface area contributed by atoms with Crippen molar-refractivity contribution in [3.63, 3.8) is 0 Å². The zero-order valence-corrected chi connectivity index (χ0v) is 10.9. The molecule has 104 valence electrons. The second kappa shape index (κ2) is 5.30. The minimum atomic E-state index is -0.445. The fourth-order valence-electron chi connectivity index (χ4n) is 2.36. The van der Waals surface area contributed by atoms with Gasteiger partial charge >= 0.3 is 0 Å². The van der Waals surface area contributed by atoms with Crippen LogP contribution in [0.1, 0.15) is 12.8 Å². The summed E-state index contributed by atoms with van der Waals surface area (Å²) in [5.41, 5.74) is 0.689. The number of ether oxygens (including phenoxy) is 1. The van der Waals surface area contributed by atoms with Crippen LogP contribution >= 0.6 is 0 Å². The van der Waals surface area contributed by atoms with Crippen molar-refractivity contribution in [1.29, 1.82) is 0 Å². The van der Waals surface area contributed by atoms with Gasteiger partial charge < -0.3 is 14.7 Å². The first-order valence-corrected chi connectivity index (χ1v) is 6.82. The standard InChI is InChI=1S/C13H19N3O3/c17-12(10-1-2-10)9-16-13(18)7-11(8-14-16)15-3-5-19-6-4-15/h7-8,10,12,17H,1-6,9H2. The lowest BCUT2D eigenvalue weighted by atomic mass is 10.2. The number of nitrogens with zero attached hydrogens (tertiary/aromatic N) is 3. The second-order valence-corrected chi connectivity index (χ2v) is 5.24. The van der Waals surface area contributed by atoms with Crippen LogP contribution in [0.5, 0.6) is 0 Å². The van der Waals surface area contributed by atoms with E-state index < -0.39 is 6.10 Å². The average molecular weight is 265 g/mol. The number of aliphatic hydroxyl groups is 1. The van der Waals surface area contributed by atoms with E-state index in [9.17, 15) is 9.90 Å². The van der Waals surface area contributed by atoms with Crippen molar-refractivity contribution in [3.8, 4) is 0 Å². The number of hydrogen-bond acceptors (Lipinski definition) is 5. The number of rotatable bonds is 4. The highest BCUT2D eigenvalue weighted by molar-refractivity contribution is 5.43. The number of aliphatic hydroxyl groups excluding tert-OH is 1. The van der Waals surface area contributed by atoms with Crippen LogP contribution in [-0.2, 0) is 11.3 Å². The third-order valence-electron chi connectivity index (χ3n) is 3.76. The maximum Gasteiger partial charge on any atom is 0.268 e. The van der Waals surface area contributed by atoms with E-state index in [0.29, 0.717) is 25.7 Å². The molecule has 1 saturated carbocycles. The van der Waals surface area contributed by atoms with E-state index in [1.165, 1.54) is 4.68 Å². The Hall–Kier alpha value is -1.40. The molecule has 1 aromatic heterocycles. The van der Waals surface area contributed by atoms with Crippen LogP contribution in [0.15, 0.2) is 17.1 Å². The molecule has 1 unspecified atom stereocenters. The summed E-state index contributed by atoms with van der Waals surface area (Å²) < 4.78 is 6.64. The van der Waals surface area contributed by atoms with Gasteiger partial charge in [0.05, 0.1) is 37.7 Å². The fraction of sp³-hybridized carbons (Fsp3) is 0.692. The molecular formula is C13H19N3O3. The van der Waals surface area contributed by atoms with Crippen molar-refractivity contribution in [2.24, 2.45) is 5.92 Å². The SMILES string of the molecule is O=c1cc(N2CCOCC2)cnn1CC(O)C1CC1. The van der Waals surface area contributed by atoms with Gasteiger partial charge in [0.15, 0.2) is 0 Å². The minimum absolute atomic E-state index is 0.149. The van der Waals surface area contributed by atoms with E-state index in [0.717, 1.165) is 31.6 Å². The number of anilines is 1. The molecule has 6 nitrogen and oxygen atoms in total. The van der Waals surface area contributed by atoms with Crippen LogP contribution in [0, 0.1) is 5.92 Å². The third-order valence-corrected chi connectivity index (χ3v) is 3.76. The normalized spacial score (nSPS) is 21.4. The lowest BCUT2D eigenvalue weighted by Crippen LogP contribution is -2.38. The molecule has 3 rings (SSSR count). The molecule has 1 aliphatic carbocycles. The third kappa shape index (κ3) is 2.96. The van der Waals surface area contributed by atoms with Gasteiger partial charge in [-0.2, -0.15) is 5.10 Å². The summed E-state index contributed by atoms with van der Waals surface area (Å²) in [7, 11) is 0. The van der Waals surface area contributed by atoms with Gasteiger partial charge in [-0.25, -0.2) is 4.68 Å². The molecule has 19 heavy (non-hydrogen) atoms. The molecule has 1 saturated heterocycles.